The number of ether oxygens (including phenoxy) is 1. The molecule has 7 aliphatic rings. The van der Waals surface area contributed by atoms with Crippen LogP contribution in [0, 0.1) is 11.8 Å². The van der Waals surface area contributed by atoms with Gasteiger partial charge in [0.2, 0.25) is 0 Å². The second kappa shape index (κ2) is 10.4. The number of carbonyl (C=O) groups excluding carboxylic acids is 1. The summed E-state index contributed by atoms with van der Waals surface area (Å²) in [4.78, 5) is 28.1. The highest BCUT2D eigenvalue weighted by atomic mass is 16.5. The Morgan fingerprint density at radius 2 is 1.80 bits per heavy atom. The van der Waals surface area contributed by atoms with Crippen molar-refractivity contribution in [3.8, 4) is 0 Å². The highest BCUT2D eigenvalue weighted by molar-refractivity contribution is 6.22. The number of nitrogens with one attached hydrogen (secondary N) is 1. The van der Waals surface area contributed by atoms with E-state index in [-0.39, 0.29) is 17.8 Å². The Morgan fingerprint density at radius 3 is 2.52 bits per heavy atom. The standard InChI is InChI=1S/C37H40N4O3/c1-8-10-24-33-18(4)22-11-12-25(35(22)40-33)32-17(3)21(9-2)28(39-32)16-27-20(6)31-29(42)15-26(37(31)38-27)36-23(13-14-30(43)44-7)19(5)34(24)41-36/h8,16,19,23,41-42H,1,9-15H2,2-7H3/t19-,23-/m0/s1. The Labute approximate surface area is 259 Å². The van der Waals surface area contributed by atoms with Gasteiger partial charge in [0.25, 0.3) is 0 Å². The quantitative estimate of drug-likeness (QED) is 0.245. The first kappa shape index (κ1) is 28.5. The molecule has 7 heteroatoms. The molecule has 0 spiro atoms. The molecule has 0 saturated carbocycles. The molecule has 0 amide bonds. The zero-order chi connectivity index (χ0) is 31.0. The zero-order valence-corrected chi connectivity index (χ0v) is 26.6. The van der Waals surface area contributed by atoms with E-state index in [1.54, 1.807) is 0 Å². The Balaban J connectivity index is 1.52. The molecule has 2 atom stereocenters. The molecule has 1 saturated heterocycles. The van der Waals surface area contributed by atoms with Crippen LogP contribution in [0.1, 0.15) is 79.6 Å². The van der Waals surface area contributed by atoms with Crippen LogP contribution in [0.5, 0.6) is 0 Å². The average molecular weight is 589 g/mol. The highest BCUT2D eigenvalue weighted by Gasteiger charge is 2.43. The number of aliphatic hydroxyl groups excluding tert-OH is 1. The van der Waals surface area contributed by atoms with Crippen molar-refractivity contribution in [1.82, 2.24) is 5.32 Å². The van der Waals surface area contributed by atoms with Crippen molar-refractivity contribution in [2.24, 2.45) is 26.8 Å². The summed E-state index contributed by atoms with van der Waals surface area (Å²) in [6.45, 7) is 15.0. The molecule has 7 rings (SSSR count). The Hall–Kier alpha value is -4.26. The van der Waals surface area contributed by atoms with Gasteiger partial charge in [0.05, 0.1) is 41.3 Å². The predicted octanol–water partition coefficient (Wildman–Crippen LogP) is 7.72. The molecule has 2 aliphatic carbocycles. The van der Waals surface area contributed by atoms with E-state index in [9.17, 15) is 9.90 Å². The molecule has 5 aliphatic heterocycles. The fourth-order valence-corrected chi connectivity index (χ4v) is 8.17. The van der Waals surface area contributed by atoms with Crippen LogP contribution in [0.3, 0.4) is 0 Å². The van der Waals surface area contributed by atoms with Gasteiger partial charge in [-0.25, -0.2) is 15.0 Å². The van der Waals surface area contributed by atoms with Crippen molar-refractivity contribution in [3.05, 3.63) is 103 Å². The van der Waals surface area contributed by atoms with Crippen molar-refractivity contribution >= 4 is 23.1 Å². The SMILES string of the molecule is C=CCC1=C2NC(=C3CC(O)=C4C3=NC(=C4C)C=C3N=C(C(C)=C3CC)C3=C4N=C1C(C)=C4CC3)[C@@H](CCC(=O)OC)[C@@H]2C. The van der Waals surface area contributed by atoms with E-state index >= 15 is 0 Å². The summed E-state index contributed by atoms with van der Waals surface area (Å²) in [6, 6.07) is 0. The lowest BCUT2D eigenvalue weighted by molar-refractivity contribution is -0.140. The molecule has 0 aromatic heterocycles. The molecule has 226 valence electrons. The van der Waals surface area contributed by atoms with E-state index in [4.69, 9.17) is 19.7 Å². The van der Waals surface area contributed by atoms with E-state index in [2.05, 4.69) is 45.7 Å². The molecular formula is C37H40N4O3. The third kappa shape index (κ3) is 4.01. The minimum atomic E-state index is -0.221. The lowest BCUT2D eigenvalue weighted by Gasteiger charge is -2.18. The van der Waals surface area contributed by atoms with Crippen LogP contribution in [0.4, 0.5) is 0 Å². The molecule has 0 aromatic rings. The molecule has 0 radical (unpaired) electrons. The normalized spacial score (nSPS) is 25.5. The number of carbonyl (C=O) groups is 1. The summed E-state index contributed by atoms with van der Waals surface area (Å²) in [6.07, 6.45) is 8.82. The smallest absolute Gasteiger partial charge is 0.305 e. The van der Waals surface area contributed by atoms with Gasteiger partial charge in [0.1, 0.15) is 5.76 Å². The van der Waals surface area contributed by atoms with E-state index in [1.807, 2.05) is 13.0 Å². The van der Waals surface area contributed by atoms with Crippen LogP contribution in [0.15, 0.2) is 118 Å². The van der Waals surface area contributed by atoms with Crippen LogP contribution in [0.25, 0.3) is 0 Å². The number of nitrogens with zero attached hydrogens (tertiary/aromatic N) is 3. The molecule has 2 N–H and O–H groups in total. The van der Waals surface area contributed by atoms with Gasteiger partial charge in [-0.2, -0.15) is 0 Å². The topological polar surface area (TPSA) is 95.6 Å². The number of aliphatic imine (C=N–C) groups is 3. The lowest BCUT2D eigenvalue weighted by atomic mass is 9.84. The number of hydrogen-bond donors (Lipinski definition) is 2. The van der Waals surface area contributed by atoms with Gasteiger partial charge in [-0.05, 0) is 86.8 Å². The fourth-order valence-electron chi connectivity index (χ4n) is 8.17. The second-order valence-corrected chi connectivity index (χ2v) is 12.7. The van der Waals surface area contributed by atoms with Crippen molar-refractivity contribution in [3.63, 3.8) is 0 Å². The number of allylic oxidation sites excluding steroid dienone is 13. The third-order valence-corrected chi connectivity index (χ3v) is 10.5. The van der Waals surface area contributed by atoms with Crippen molar-refractivity contribution < 1.29 is 14.6 Å². The number of aliphatic hydroxyl groups is 1. The van der Waals surface area contributed by atoms with Crippen molar-refractivity contribution in [2.75, 3.05) is 7.11 Å². The molecule has 0 aromatic carbocycles. The van der Waals surface area contributed by atoms with Gasteiger partial charge in [-0.3, -0.25) is 4.79 Å². The molecule has 0 unspecified atom stereocenters. The van der Waals surface area contributed by atoms with Crippen LogP contribution in [-0.4, -0.2) is 35.3 Å². The maximum absolute atomic E-state index is 12.3. The largest absolute Gasteiger partial charge is 0.511 e. The average Bonchev–Trinajstić information content (AvgIpc) is 3.82. The molecule has 1 fully saturated rings. The number of hydrogen-bond acceptors (Lipinski definition) is 7. The van der Waals surface area contributed by atoms with Gasteiger partial charge < -0.3 is 15.2 Å². The first-order valence-corrected chi connectivity index (χ1v) is 15.9. The van der Waals surface area contributed by atoms with E-state index in [0.29, 0.717) is 31.4 Å². The monoisotopic (exact) mass is 588 g/mol. The Morgan fingerprint density at radius 1 is 1.02 bits per heavy atom. The van der Waals surface area contributed by atoms with Gasteiger partial charge >= 0.3 is 5.97 Å². The minimum absolute atomic E-state index is 0.0234. The van der Waals surface area contributed by atoms with Crippen molar-refractivity contribution in [1.29, 1.82) is 0 Å². The summed E-state index contributed by atoms with van der Waals surface area (Å²) >= 11 is 0. The van der Waals surface area contributed by atoms with E-state index in [0.717, 1.165) is 87.2 Å². The van der Waals surface area contributed by atoms with Crippen LogP contribution >= 0.6 is 0 Å². The zero-order valence-electron chi connectivity index (χ0n) is 26.6. The number of fused-ring (bicyclic) bond motifs is 5. The van der Waals surface area contributed by atoms with Crippen LogP contribution in [-0.2, 0) is 9.53 Å². The van der Waals surface area contributed by atoms with E-state index in [1.165, 1.54) is 35.0 Å². The summed E-state index contributed by atoms with van der Waals surface area (Å²) < 4.78 is 5.03. The molecular weight excluding hydrogens is 548 g/mol. The number of rotatable bonds is 6. The summed E-state index contributed by atoms with van der Waals surface area (Å²) in [5, 5.41) is 15.2. The first-order chi connectivity index (χ1) is 21.2. The van der Waals surface area contributed by atoms with Crippen LogP contribution in [0.2, 0.25) is 0 Å². The molecule has 5 heterocycles. The Kier molecular flexibility index (Phi) is 6.76. The van der Waals surface area contributed by atoms with Gasteiger partial charge in [0.15, 0.2) is 0 Å². The number of esters is 1. The maximum Gasteiger partial charge on any atom is 0.305 e. The molecule has 44 heavy (non-hydrogen) atoms. The molecule has 8 bridgehead atoms. The van der Waals surface area contributed by atoms with Gasteiger partial charge in [-0.1, -0.05) is 19.9 Å². The Bertz CT molecular complexity index is 1830. The molecule has 7 nitrogen and oxygen atoms in total. The summed E-state index contributed by atoms with van der Waals surface area (Å²) in [5.41, 5.74) is 18.0. The maximum atomic E-state index is 12.3. The first-order valence-electron chi connectivity index (χ1n) is 15.9. The van der Waals surface area contributed by atoms with Crippen molar-refractivity contribution in [2.45, 2.75) is 79.6 Å². The number of methoxy groups -OCH3 is 1. The highest BCUT2D eigenvalue weighted by Crippen LogP contribution is 2.49. The summed E-state index contributed by atoms with van der Waals surface area (Å²) in [5.74, 6) is 0.230. The fraction of sp³-hybridized carbons (Fsp3) is 0.405. The second-order valence-electron chi connectivity index (χ2n) is 12.7. The van der Waals surface area contributed by atoms with E-state index < -0.39 is 0 Å². The minimum Gasteiger partial charge on any atom is -0.511 e. The third-order valence-electron chi connectivity index (χ3n) is 10.5. The lowest BCUT2D eigenvalue weighted by Crippen LogP contribution is -2.16. The van der Waals surface area contributed by atoms with Gasteiger partial charge in [0, 0.05) is 58.4 Å². The predicted molar refractivity (Wildman–Crippen MR) is 175 cm³/mol. The van der Waals surface area contributed by atoms with Crippen LogP contribution < -0.4 is 5.32 Å². The summed E-state index contributed by atoms with van der Waals surface area (Å²) in [7, 11) is 1.44. The van der Waals surface area contributed by atoms with Gasteiger partial charge in [-0.15, -0.1) is 6.58 Å².